The van der Waals surface area contributed by atoms with Crippen LogP contribution in [0.25, 0.3) is 0 Å². The zero-order valence-corrected chi connectivity index (χ0v) is 10.5. The summed E-state index contributed by atoms with van der Waals surface area (Å²) in [6, 6.07) is 1.61. The van der Waals surface area contributed by atoms with Crippen molar-refractivity contribution < 1.29 is 0 Å². The van der Waals surface area contributed by atoms with Gasteiger partial charge in [-0.1, -0.05) is 26.7 Å². The molecule has 1 saturated carbocycles. The van der Waals surface area contributed by atoms with Crippen LogP contribution >= 0.6 is 0 Å². The second kappa shape index (κ2) is 4.84. The van der Waals surface area contributed by atoms with Gasteiger partial charge >= 0.3 is 0 Å². The first kappa shape index (κ1) is 11.4. The number of nitrogens with one attached hydrogen (secondary N) is 1. The number of nitrogens with zero attached hydrogens (tertiary/aromatic N) is 1. The zero-order valence-electron chi connectivity index (χ0n) is 10.5. The molecule has 1 N–H and O–H groups in total. The minimum Gasteiger partial charge on any atom is -0.315 e. The Kier molecular flexibility index (Phi) is 3.68. The SMILES string of the molecule is CC1CCCCC1N(C)C1CNCC1C. The largest absolute Gasteiger partial charge is 0.315 e. The van der Waals surface area contributed by atoms with E-state index in [1.54, 1.807) is 0 Å². The molecular formula is C13H26N2. The van der Waals surface area contributed by atoms with E-state index >= 15 is 0 Å². The lowest BCUT2D eigenvalue weighted by Crippen LogP contribution is -2.47. The van der Waals surface area contributed by atoms with Crippen LogP contribution in [0.1, 0.15) is 39.5 Å². The minimum absolute atomic E-state index is 0.774. The standard InChI is InChI=1S/C13H26N2/c1-10-6-4-5-7-12(10)15(3)13-9-14-8-11(13)2/h10-14H,4-9H2,1-3H3. The van der Waals surface area contributed by atoms with Crippen LogP contribution in [0.3, 0.4) is 0 Å². The molecule has 1 aliphatic heterocycles. The van der Waals surface area contributed by atoms with Crippen LogP contribution in [0, 0.1) is 11.8 Å². The summed E-state index contributed by atoms with van der Waals surface area (Å²) in [7, 11) is 2.35. The van der Waals surface area contributed by atoms with Gasteiger partial charge in [0.2, 0.25) is 0 Å². The normalized spacial score (nSPS) is 42.4. The fraction of sp³-hybridized carbons (Fsp3) is 1.00. The molecule has 2 rings (SSSR count). The third kappa shape index (κ3) is 2.36. The first-order chi connectivity index (χ1) is 7.20. The summed E-state index contributed by atoms with van der Waals surface area (Å²) in [5.74, 6) is 1.72. The van der Waals surface area contributed by atoms with Crippen molar-refractivity contribution in [2.75, 3.05) is 20.1 Å². The third-order valence-corrected chi connectivity index (χ3v) is 4.59. The Morgan fingerprint density at radius 3 is 2.27 bits per heavy atom. The molecule has 0 aromatic carbocycles. The van der Waals surface area contributed by atoms with Gasteiger partial charge in [0, 0.05) is 18.6 Å². The van der Waals surface area contributed by atoms with E-state index < -0.39 is 0 Å². The molecule has 0 radical (unpaired) electrons. The average Bonchev–Trinajstić information content (AvgIpc) is 2.64. The lowest BCUT2D eigenvalue weighted by molar-refractivity contribution is 0.0881. The van der Waals surface area contributed by atoms with Crippen molar-refractivity contribution in [3.05, 3.63) is 0 Å². The molecule has 4 unspecified atom stereocenters. The van der Waals surface area contributed by atoms with Crippen LogP contribution in [0.2, 0.25) is 0 Å². The van der Waals surface area contributed by atoms with Gasteiger partial charge in [0.1, 0.15) is 0 Å². The summed E-state index contributed by atoms with van der Waals surface area (Å²) in [5.41, 5.74) is 0. The molecule has 0 bridgehead atoms. The van der Waals surface area contributed by atoms with Crippen LogP contribution in [0.5, 0.6) is 0 Å². The molecule has 0 aromatic heterocycles. The second-order valence-electron chi connectivity index (χ2n) is 5.70. The van der Waals surface area contributed by atoms with Crippen molar-refractivity contribution in [2.45, 2.75) is 51.6 Å². The van der Waals surface area contributed by atoms with Crippen molar-refractivity contribution in [3.63, 3.8) is 0 Å². The molecule has 2 heteroatoms. The average molecular weight is 210 g/mol. The van der Waals surface area contributed by atoms with Gasteiger partial charge in [-0.05, 0) is 38.3 Å². The topological polar surface area (TPSA) is 15.3 Å². The van der Waals surface area contributed by atoms with E-state index in [4.69, 9.17) is 0 Å². The predicted molar refractivity (Wildman–Crippen MR) is 65.0 cm³/mol. The molecule has 0 spiro atoms. The summed E-state index contributed by atoms with van der Waals surface area (Å²) < 4.78 is 0. The van der Waals surface area contributed by atoms with E-state index in [1.807, 2.05) is 0 Å². The number of hydrogen-bond acceptors (Lipinski definition) is 2. The van der Waals surface area contributed by atoms with Gasteiger partial charge in [-0.3, -0.25) is 4.90 Å². The van der Waals surface area contributed by atoms with Crippen LogP contribution in [0.4, 0.5) is 0 Å². The van der Waals surface area contributed by atoms with Crippen molar-refractivity contribution >= 4 is 0 Å². The lowest BCUT2D eigenvalue weighted by Gasteiger charge is -2.40. The van der Waals surface area contributed by atoms with E-state index in [1.165, 1.54) is 38.8 Å². The maximum absolute atomic E-state index is 3.52. The molecule has 4 atom stereocenters. The first-order valence-corrected chi connectivity index (χ1v) is 6.63. The van der Waals surface area contributed by atoms with Gasteiger partial charge < -0.3 is 5.32 Å². The number of likely N-dealkylation sites (N-methyl/N-ethyl adjacent to an activating group) is 1. The van der Waals surface area contributed by atoms with Gasteiger partial charge in [-0.2, -0.15) is 0 Å². The Labute approximate surface area is 94.4 Å². The lowest BCUT2D eigenvalue weighted by atomic mass is 9.84. The Morgan fingerprint density at radius 2 is 1.67 bits per heavy atom. The van der Waals surface area contributed by atoms with Crippen molar-refractivity contribution in [1.82, 2.24) is 10.2 Å². The molecule has 1 aliphatic carbocycles. The highest BCUT2D eigenvalue weighted by atomic mass is 15.2. The van der Waals surface area contributed by atoms with E-state index in [2.05, 4.69) is 31.1 Å². The Balaban J connectivity index is 1.96. The molecule has 2 fully saturated rings. The zero-order chi connectivity index (χ0) is 10.8. The fourth-order valence-corrected chi connectivity index (χ4v) is 3.49. The van der Waals surface area contributed by atoms with E-state index in [9.17, 15) is 0 Å². The molecule has 88 valence electrons. The van der Waals surface area contributed by atoms with E-state index in [0.717, 1.165) is 23.9 Å². The highest BCUT2D eigenvalue weighted by molar-refractivity contribution is 4.90. The third-order valence-electron chi connectivity index (χ3n) is 4.59. The highest BCUT2D eigenvalue weighted by Crippen LogP contribution is 2.30. The van der Waals surface area contributed by atoms with Crippen molar-refractivity contribution in [1.29, 1.82) is 0 Å². The van der Waals surface area contributed by atoms with Crippen LogP contribution in [-0.2, 0) is 0 Å². The monoisotopic (exact) mass is 210 g/mol. The van der Waals surface area contributed by atoms with Crippen LogP contribution < -0.4 is 5.32 Å². The predicted octanol–water partition coefficient (Wildman–Crippen LogP) is 2.10. The first-order valence-electron chi connectivity index (χ1n) is 6.63. The molecule has 1 saturated heterocycles. The highest BCUT2D eigenvalue weighted by Gasteiger charge is 2.33. The summed E-state index contributed by atoms with van der Waals surface area (Å²) in [5, 5.41) is 3.52. The van der Waals surface area contributed by atoms with Crippen molar-refractivity contribution in [3.8, 4) is 0 Å². The van der Waals surface area contributed by atoms with E-state index in [0.29, 0.717) is 0 Å². The summed E-state index contributed by atoms with van der Waals surface area (Å²) in [6.07, 6.45) is 5.74. The molecule has 2 nitrogen and oxygen atoms in total. The van der Waals surface area contributed by atoms with E-state index in [-0.39, 0.29) is 0 Å². The quantitative estimate of drug-likeness (QED) is 0.751. The molecule has 1 heterocycles. The molecule has 2 aliphatic rings. The summed E-state index contributed by atoms with van der Waals surface area (Å²) in [6.45, 7) is 7.22. The smallest absolute Gasteiger partial charge is 0.0258 e. The number of hydrogen-bond donors (Lipinski definition) is 1. The van der Waals surface area contributed by atoms with Gasteiger partial charge in [-0.25, -0.2) is 0 Å². The fourth-order valence-electron chi connectivity index (χ4n) is 3.49. The van der Waals surface area contributed by atoms with Gasteiger partial charge in [0.15, 0.2) is 0 Å². The summed E-state index contributed by atoms with van der Waals surface area (Å²) >= 11 is 0. The van der Waals surface area contributed by atoms with Crippen LogP contribution in [0.15, 0.2) is 0 Å². The molecule has 0 amide bonds. The van der Waals surface area contributed by atoms with Gasteiger partial charge in [-0.15, -0.1) is 0 Å². The maximum Gasteiger partial charge on any atom is 0.0258 e. The van der Waals surface area contributed by atoms with Gasteiger partial charge in [0.05, 0.1) is 0 Å². The minimum atomic E-state index is 0.774. The number of rotatable bonds is 2. The Morgan fingerprint density at radius 1 is 0.933 bits per heavy atom. The maximum atomic E-state index is 3.52. The van der Waals surface area contributed by atoms with Gasteiger partial charge in [0.25, 0.3) is 0 Å². The summed E-state index contributed by atoms with van der Waals surface area (Å²) in [4.78, 5) is 2.68. The molecule has 0 aromatic rings. The second-order valence-corrected chi connectivity index (χ2v) is 5.70. The van der Waals surface area contributed by atoms with Crippen molar-refractivity contribution in [2.24, 2.45) is 11.8 Å². The molecule has 15 heavy (non-hydrogen) atoms. The Hall–Kier alpha value is -0.0800. The van der Waals surface area contributed by atoms with Crippen LogP contribution in [-0.4, -0.2) is 37.1 Å². The molecular weight excluding hydrogens is 184 g/mol. The Bertz CT molecular complexity index is 205.